The van der Waals surface area contributed by atoms with Crippen LogP contribution >= 0.6 is 0 Å². The van der Waals surface area contributed by atoms with Gasteiger partial charge in [-0.2, -0.15) is 0 Å². The Morgan fingerprint density at radius 1 is 1.35 bits per heavy atom. The molecule has 1 aromatic carbocycles. The fourth-order valence-corrected chi connectivity index (χ4v) is 4.82. The van der Waals surface area contributed by atoms with Crippen LogP contribution in [-0.4, -0.2) is 26.3 Å². The van der Waals surface area contributed by atoms with E-state index in [9.17, 15) is 14.1 Å². The first-order chi connectivity index (χ1) is 9.58. The van der Waals surface area contributed by atoms with Crippen molar-refractivity contribution >= 4 is 16.8 Å². The van der Waals surface area contributed by atoms with Crippen molar-refractivity contribution in [3.05, 3.63) is 35.9 Å². The fraction of sp³-hybridized carbons (Fsp3) is 0.562. The highest BCUT2D eigenvalue weighted by Gasteiger charge is 2.29. The summed E-state index contributed by atoms with van der Waals surface area (Å²) < 4.78 is 12.5. The smallest absolute Gasteiger partial charge is 0.311 e. The zero-order valence-electron chi connectivity index (χ0n) is 11.8. The molecule has 0 aliphatic heterocycles. The number of rotatable bonds is 5. The topological polar surface area (TPSA) is 54.4 Å². The van der Waals surface area contributed by atoms with Gasteiger partial charge in [0.25, 0.3) is 0 Å². The van der Waals surface area contributed by atoms with Crippen molar-refractivity contribution in [2.75, 3.05) is 5.75 Å². The molecule has 0 spiro atoms. The minimum Gasteiger partial charge on any atom is -0.481 e. The highest BCUT2D eigenvalue weighted by Crippen LogP contribution is 2.29. The van der Waals surface area contributed by atoms with Gasteiger partial charge in [0, 0.05) is 21.8 Å². The lowest BCUT2D eigenvalue weighted by Crippen LogP contribution is -2.28. The molecule has 1 saturated carbocycles. The molecule has 0 aromatic heterocycles. The van der Waals surface area contributed by atoms with Gasteiger partial charge >= 0.3 is 5.97 Å². The Hall–Kier alpha value is -1.16. The van der Waals surface area contributed by atoms with Gasteiger partial charge < -0.3 is 5.11 Å². The minimum absolute atomic E-state index is 0.171. The number of hydrogen-bond donors (Lipinski definition) is 1. The van der Waals surface area contributed by atoms with Crippen molar-refractivity contribution in [1.29, 1.82) is 0 Å². The van der Waals surface area contributed by atoms with Gasteiger partial charge in [0.15, 0.2) is 0 Å². The summed E-state index contributed by atoms with van der Waals surface area (Å²) >= 11 is 0. The number of benzene rings is 1. The summed E-state index contributed by atoms with van der Waals surface area (Å²) in [6, 6.07) is 9.13. The molecule has 1 fully saturated rings. The van der Waals surface area contributed by atoms with E-state index < -0.39 is 22.7 Å². The summed E-state index contributed by atoms with van der Waals surface area (Å²) in [5.41, 5.74) is 0.747. The highest BCUT2D eigenvalue weighted by atomic mass is 32.2. The number of aliphatic carboxylic acids is 1. The lowest BCUT2D eigenvalue weighted by Gasteiger charge is -2.27. The van der Waals surface area contributed by atoms with Crippen molar-refractivity contribution in [3.63, 3.8) is 0 Å². The van der Waals surface area contributed by atoms with Crippen LogP contribution in [0.4, 0.5) is 0 Å². The summed E-state index contributed by atoms with van der Waals surface area (Å²) in [5.74, 6) is -0.697. The quantitative estimate of drug-likeness (QED) is 0.907. The average molecular weight is 294 g/mol. The van der Waals surface area contributed by atoms with Crippen molar-refractivity contribution in [1.82, 2.24) is 0 Å². The minimum atomic E-state index is -1.06. The Kier molecular flexibility index (Phi) is 5.35. The Bertz CT molecular complexity index is 472. The Balaban J connectivity index is 2.05. The van der Waals surface area contributed by atoms with E-state index in [2.05, 4.69) is 6.92 Å². The van der Waals surface area contributed by atoms with Gasteiger partial charge in [-0.1, -0.05) is 50.1 Å². The molecule has 0 heterocycles. The Labute approximate surface area is 122 Å². The molecule has 0 saturated heterocycles. The van der Waals surface area contributed by atoms with Crippen molar-refractivity contribution in [3.8, 4) is 0 Å². The molecule has 0 amide bonds. The lowest BCUT2D eigenvalue weighted by molar-refractivity contribution is -0.138. The highest BCUT2D eigenvalue weighted by molar-refractivity contribution is 7.85. The molecule has 1 aromatic rings. The molecule has 1 N–H and O–H groups in total. The van der Waals surface area contributed by atoms with Gasteiger partial charge in [-0.25, -0.2) is 0 Å². The summed E-state index contributed by atoms with van der Waals surface area (Å²) in [4.78, 5) is 11.4. The van der Waals surface area contributed by atoms with Crippen molar-refractivity contribution in [2.45, 2.75) is 43.8 Å². The Morgan fingerprint density at radius 2 is 2.05 bits per heavy atom. The van der Waals surface area contributed by atoms with Crippen molar-refractivity contribution in [2.24, 2.45) is 5.92 Å². The van der Waals surface area contributed by atoms with E-state index in [4.69, 9.17) is 0 Å². The molecule has 2 rings (SSSR count). The molecular formula is C16H22O3S. The zero-order valence-corrected chi connectivity index (χ0v) is 12.6. The molecular weight excluding hydrogens is 272 g/mol. The van der Waals surface area contributed by atoms with E-state index in [-0.39, 0.29) is 11.0 Å². The maximum absolute atomic E-state index is 12.5. The predicted molar refractivity (Wildman–Crippen MR) is 81.2 cm³/mol. The van der Waals surface area contributed by atoms with Gasteiger partial charge in [-0.15, -0.1) is 0 Å². The number of carboxylic acids is 1. The third kappa shape index (κ3) is 3.92. The number of hydrogen-bond acceptors (Lipinski definition) is 2. The van der Waals surface area contributed by atoms with Gasteiger partial charge in [-0.05, 0) is 24.3 Å². The van der Waals surface area contributed by atoms with Crippen LogP contribution < -0.4 is 0 Å². The molecule has 110 valence electrons. The van der Waals surface area contributed by atoms with Crippen LogP contribution in [0.15, 0.2) is 30.3 Å². The molecule has 20 heavy (non-hydrogen) atoms. The van der Waals surface area contributed by atoms with Crippen LogP contribution in [0.3, 0.4) is 0 Å². The van der Waals surface area contributed by atoms with Gasteiger partial charge in [0.05, 0.1) is 5.92 Å². The number of carboxylic acid groups (broad SMARTS) is 1. The summed E-state index contributed by atoms with van der Waals surface area (Å²) in [6.45, 7) is 2.19. The largest absolute Gasteiger partial charge is 0.481 e. The zero-order chi connectivity index (χ0) is 14.5. The van der Waals surface area contributed by atoms with E-state index >= 15 is 0 Å². The summed E-state index contributed by atoms with van der Waals surface area (Å²) in [5, 5.41) is 9.56. The monoisotopic (exact) mass is 294 g/mol. The van der Waals surface area contributed by atoms with E-state index in [1.165, 1.54) is 6.42 Å². The third-order valence-corrected chi connectivity index (χ3v) is 5.92. The van der Waals surface area contributed by atoms with Crippen LogP contribution in [0.5, 0.6) is 0 Å². The first kappa shape index (κ1) is 15.2. The molecule has 0 bridgehead atoms. The second-order valence-corrected chi connectivity index (χ2v) is 7.50. The van der Waals surface area contributed by atoms with Gasteiger partial charge in [-0.3, -0.25) is 9.00 Å². The number of carbonyl (C=O) groups is 1. The molecule has 4 unspecified atom stereocenters. The third-order valence-electron chi connectivity index (χ3n) is 4.09. The lowest BCUT2D eigenvalue weighted by atomic mass is 9.91. The first-order valence-corrected chi connectivity index (χ1v) is 8.61. The van der Waals surface area contributed by atoms with E-state index in [1.54, 1.807) is 12.1 Å². The SMILES string of the molecule is CC1CCCC(S(=O)CC(C(=O)O)c2ccccc2)C1. The van der Waals surface area contributed by atoms with Crippen molar-refractivity contribution < 1.29 is 14.1 Å². The van der Waals surface area contributed by atoms with Crippen LogP contribution in [0, 0.1) is 5.92 Å². The second-order valence-electron chi connectivity index (χ2n) is 5.74. The van der Waals surface area contributed by atoms with E-state index in [0.29, 0.717) is 5.92 Å². The van der Waals surface area contributed by atoms with Crippen LogP contribution in [0.25, 0.3) is 0 Å². The maximum Gasteiger partial charge on any atom is 0.311 e. The van der Waals surface area contributed by atoms with Crippen LogP contribution in [0.2, 0.25) is 0 Å². The standard InChI is InChI=1S/C16H22O3S/c1-12-6-5-9-14(10-12)20(19)11-15(16(17)18)13-7-3-2-4-8-13/h2-4,7-8,12,14-15H,5-6,9-11H2,1H3,(H,17,18). The summed E-state index contributed by atoms with van der Waals surface area (Å²) in [7, 11) is -1.06. The van der Waals surface area contributed by atoms with Gasteiger partial charge in [0.2, 0.25) is 0 Å². The fourth-order valence-electron chi connectivity index (χ4n) is 2.91. The summed E-state index contributed by atoms with van der Waals surface area (Å²) in [6.07, 6.45) is 4.25. The molecule has 1 aliphatic rings. The molecule has 4 heteroatoms. The second kappa shape index (κ2) is 7.02. The molecule has 0 radical (unpaired) electrons. The molecule has 1 aliphatic carbocycles. The van der Waals surface area contributed by atoms with Crippen LogP contribution in [0.1, 0.15) is 44.1 Å². The first-order valence-electron chi connectivity index (χ1n) is 7.23. The molecule has 4 atom stereocenters. The van der Waals surface area contributed by atoms with Gasteiger partial charge in [0.1, 0.15) is 0 Å². The normalized spacial score (nSPS) is 25.9. The maximum atomic E-state index is 12.5. The predicted octanol–water partition coefficient (Wildman–Crippen LogP) is 3.18. The van der Waals surface area contributed by atoms with E-state index in [1.807, 2.05) is 18.2 Å². The molecule has 3 nitrogen and oxygen atoms in total. The van der Waals surface area contributed by atoms with Crippen LogP contribution in [-0.2, 0) is 15.6 Å². The van der Waals surface area contributed by atoms with E-state index in [0.717, 1.165) is 24.8 Å². The average Bonchev–Trinajstić information content (AvgIpc) is 2.45. The Morgan fingerprint density at radius 3 is 2.65 bits per heavy atom.